The summed E-state index contributed by atoms with van der Waals surface area (Å²) in [6.07, 6.45) is -0.229. The van der Waals surface area contributed by atoms with E-state index < -0.39 is 12.1 Å². The van der Waals surface area contributed by atoms with Gasteiger partial charge in [-0.1, -0.05) is 20.4 Å². The fraction of sp³-hybridized carbons (Fsp3) is 0.700. The molecule has 76 valence electrons. The van der Waals surface area contributed by atoms with Crippen LogP contribution in [0, 0.1) is 5.92 Å². The highest BCUT2D eigenvalue weighted by atomic mass is 16.5. The number of carbonyl (C=O) groups excluding carboxylic acids is 1. The molecule has 0 bridgehead atoms. The number of esters is 1. The number of carbonyl (C=O) groups is 1. The van der Waals surface area contributed by atoms with E-state index in [-0.39, 0.29) is 12.3 Å². The quantitative estimate of drug-likeness (QED) is 0.523. The Labute approximate surface area is 79.4 Å². The molecule has 0 saturated carbocycles. The molecule has 0 saturated heterocycles. The highest BCUT2D eigenvalue weighted by Gasteiger charge is 2.15. The lowest BCUT2D eigenvalue weighted by atomic mass is 10.0. The average Bonchev–Trinajstić information content (AvgIpc) is 2.04. The minimum Gasteiger partial charge on any atom is -0.463 e. The van der Waals surface area contributed by atoms with Crippen LogP contribution < -0.4 is 0 Å². The molecule has 0 aromatic rings. The van der Waals surface area contributed by atoms with Gasteiger partial charge in [-0.05, 0) is 12.8 Å². The molecule has 0 unspecified atom stereocenters. The summed E-state index contributed by atoms with van der Waals surface area (Å²) in [5.41, 5.74) is 0.336. The van der Waals surface area contributed by atoms with Crippen molar-refractivity contribution in [2.24, 2.45) is 5.92 Å². The Morgan fingerprint density at radius 2 is 2.08 bits per heavy atom. The molecule has 1 N–H and O–H groups in total. The van der Waals surface area contributed by atoms with Crippen molar-refractivity contribution in [2.45, 2.75) is 33.3 Å². The van der Waals surface area contributed by atoms with Gasteiger partial charge in [0.25, 0.3) is 0 Å². The molecule has 0 radical (unpaired) electrons. The maximum Gasteiger partial charge on any atom is 0.333 e. The van der Waals surface area contributed by atoms with Crippen molar-refractivity contribution < 1.29 is 14.6 Å². The first-order valence-corrected chi connectivity index (χ1v) is 4.52. The van der Waals surface area contributed by atoms with Gasteiger partial charge in [-0.3, -0.25) is 0 Å². The number of aliphatic hydroxyl groups is 1. The zero-order chi connectivity index (χ0) is 10.4. The maximum atomic E-state index is 11.1. The predicted octanol–water partition coefficient (Wildman–Crippen LogP) is 1.51. The Morgan fingerprint density at radius 3 is 2.46 bits per heavy atom. The van der Waals surface area contributed by atoms with Gasteiger partial charge in [0.15, 0.2) is 0 Å². The molecule has 1 atom stereocenters. The first-order valence-electron chi connectivity index (χ1n) is 4.52. The predicted molar refractivity (Wildman–Crippen MR) is 51.2 cm³/mol. The van der Waals surface area contributed by atoms with E-state index in [2.05, 4.69) is 6.58 Å². The maximum absolute atomic E-state index is 11.1. The Morgan fingerprint density at radius 1 is 1.54 bits per heavy atom. The van der Waals surface area contributed by atoms with E-state index in [0.29, 0.717) is 12.2 Å². The minimum atomic E-state index is -0.517. The molecule has 0 amide bonds. The van der Waals surface area contributed by atoms with Crippen molar-refractivity contribution >= 4 is 5.97 Å². The van der Waals surface area contributed by atoms with Crippen molar-refractivity contribution in [1.82, 2.24) is 0 Å². The van der Waals surface area contributed by atoms with Gasteiger partial charge in [0.2, 0.25) is 0 Å². The molecule has 0 aromatic carbocycles. The fourth-order valence-electron chi connectivity index (χ4n) is 0.805. The highest BCUT2D eigenvalue weighted by molar-refractivity contribution is 5.87. The number of rotatable bonds is 5. The van der Waals surface area contributed by atoms with Gasteiger partial charge in [-0.2, -0.15) is 0 Å². The molecule has 0 aliphatic heterocycles. The summed E-state index contributed by atoms with van der Waals surface area (Å²) in [6.45, 7) is 9.43. The van der Waals surface area contributed by atoms with Gasteiger partial charge in [0.05, 0.1) is 12.7 Å². The van der Waals surface area contributed by atoms with Crippen LogP contribution in [0.4, 0.5) is 0 Å². The lowest BCUT2D eigenvalue weighted by Crippen LogP contribution is -2.18. The third-order valence-electron chi connectivity index (χ3n) is 1.79. The summed E-state index contributed by atoms with van der Waals surface area (Å²) in [5.74, 6) is -0.284. The number of hydrogen-bond donors (Lipinski definition) is 1. The van der Waals surface area contributed by atoms with Crippen LogP contribution in [0.3, 0.4) is 0 Å². The molecule has 0 fully saturated rings. The van der Waals surface area contributed by atoms with Crippen LogP contribution in [0.5, 0.6) is 0 Å². The van der Waals surface area contributed by atoms with E-state index in [1.165, 1.54) is 0 Å². The number of hydrogen-bond acceptors (Lipinski definition) is 3. The lowest BCUT2D eigenvalue weighted by molar-refractivity contribution is -0.139. The largest absolute Gasteiger partial charge is 0.463 e. The van der Waals surface area contributed by atoms with Gasteiger partial charge >= 0.3 is 5.97 Å². The van der Waals surface area contributed by atoms with Crippen LogP contribution in [0.2, 0.25) is 0 Å². The molecule has 0 spiro atoms. The van der Waals surface area contributed by atoms with Gasteiger partial charge in [-0.15, -0.1) is 0 Å². The van der Waals surface area contributed by atoms with E-state index >= 15 is 0 Å². The number of ether oxygens (including phenoxy) is 1. The molecular weight excluding hydrogens is 168 g/mol. The van der Waals surface area contributed by atoms with Crippen molar-refractivity contribution in [3.8, 4) is 0 Å². The second kappa shape index (κ2) is 5.75. The Kier molecular flexibility index (Phi) is 5.39. The minimum absolute atomic E-state index is 0.131. The lowest BCUT2D eigenvalue weighted by Gasteiger charge is -2.14. The van der Waals surface area contributed by atoms with E-state index in [1.807, 2.05) is 13.8 Å². The highest BCUT2D eigenvalue weighted by Crippen LogP contribution is 2.12. The summed E-state index contributed by atoms with van der Waals surface area (Å²) < 4.78 is 4.73. The molecule has 0 aromatic heterocycles. The molecule has 0 heterocycles. The summed E-state index contributed by atoms with van der Waals surface area (Å²) >= 11 is 0. The van der Waals surface area contributed by atoms with Crippen LogP contribution in [0.15, 0.2) is 12.2 Å². The van der Waals surface area contributed by atoms with Gasteiger partial charge in [0, 0.05) is 12.0 Å². The van der Waals surface area contributed by atoms with Gasteiger partial charge in [-0.25, -0.2) is 4.79 Å². The second-order valence-electron chi connectivity index (χ2n) is 3.34. The van der Waals surface area contributed by atoms with Gasteiger partial charge in [0.1, 0.15) is 0 Å². The third kappa shape index (κ3) is 4.68. The summed E-state index contributed by atoms with van der Waals surface area (Å²) in [5, 5.41) is 9.45. The summed E-state index contributed by atoms with van der Waals surface area (Å²) in [4.78, 5) is 11.1. The van der Waals surface area contributed by atoms with Crippen molar-refractivity contribution in [1.29, 1.82) is 0 Å². The van der Waals surface area contributed by atoms with E-state index in [9.17, 15) is 9.90 Å². The standard InChI is InChI=1S/C10H18O3/c1-5-13-10(12)8(4)6-9(11)7(2)3/h7,9,11H,4-6H2,1-3H3/t9-/m1/s1. The Balaban J connectivity index is 3.93. The second-order valence-corrected chi connectivity index (χ2v) is 3.34. The van der Waals surface area contributed by atoms with Crippen molar-refractivity contribution in [2.75, 3.05) is 6.61 Å². The van der Waals surface area contributed by atoms with Crippen LogP contribution in [0.1, 0.15) is 27.2 Å². The first kappa shape index (κ1) is 12.2. The van der Waals surface area contributed by atoms with Crippen LogP contribution in [0.25, 0.3) is 0 Å². The molecule has 0 aliphatic rings. The van der Waals surface area contributed by atoms with E-state index in [0.717, 1.165) is 0 Å². The SMILES string of the molecule is C=C(C[C@@H](O)C(C)C)C(=O)OCC. The topological polar surface area (TPSA) is 46.5 Å². The molecular formula is C10H18O3. The monoisotopic (exact) mass is 186 g/mol. The van der Waals surface area contributed by atoms with Crippen molar-refractivity contribution in [3.05, 3.63) is 12.2 Å². The van der Waals surface area contributed by atoms with Crippen molar-refractivity contribution in [3.63, 3.8) is 0 Å². The van der Waals surface area contributed by atoms with Crippen LogP contribution in [-0.2, 0) is 9.53 Å². The van der Waals surface area contributed by atoms with E-state index in [4.69, 9.17) is 4.74 Å². The zero-order valence-corrected chi connectivity index (χ0v) is 8.54. The molecule has 13 heavy (non-hydrogen) atoms. The molecule has 0 rings (SSSR count). The zero-order valence-electron chi connectivity index (χ0n) is 8.54. The van der Waals surface area contributed by atoms with Gasteiger partial charge < -0.3 is 9.84 Å². The summed E-state index contributed by atoms with van der Waals surface area (Å²) in [7, 11) is 0. The normalized spacial score (nSPS) is 12.7. The van der Waals surface area contributed by atoms with Crippen LogP contribution in [-0.4, -0.2) is 23.8 Å². The summed E-state index contributed by atoms with van der Waals surface area (Å²) in [6, 6.07) is 0. The fourth-order valence-corrected chi connectivity index (χ4v) is 0.805. The first-order chi connectivity index (χ1) is 5.99. The smallest absolute Gasteiger partial charge is 0.333 e. The Bertz CT molecular complexity index is 185. The third-order valence-corrected chi connectivity index (χ3v) is 1.79. The molecule has 3 heteroatoms. The molecule has 0 aliphatic carbocycles. The molecule has 3 nitrogen and oxygen atoms in total. The average molecular weight is 186 g/mol. The van der Waals surface area contributed by atoms with Crippen LogP contribution >= 0.6 is 0 Å². The number of aliphatic hydroxyl groups excluding tert-OH is 1. The Hall–Kier alpha value is -0.830. The van der Waals surface area contributed by atoms with E-state index in [1.54, 1.807) is 6.92 Å².